The fourth-order valence-electron chi connectivity index (χ4n) is 2.58. The molecule has 1 amide bonds. The molecule has 1 aliphatic heterocycles. The van der Waals surface area contributed by atoms with Gasteiger partial charge in [0.15, 0.2) is 5.60 Å². The first-order valence-corrected chi connectivity index (χ1v) is 7.86. The van der Waals surface area contributed by atoms with Crippen molar-refractivity contribution < 1.29 is 37.3 Å². The molecule has 0 radical (unpaired) electrons. The topological polar surface area (TPSA) is 76.1 Å². The van der Waals surface area contributed by atoms with E-state index in [2.05, 4.69) is 0 Å². The maximum absolute atomic E-state index is 12.8. The highest BCUT2D eigenvalue weighted by molar-refractivity contribution is 5.72. The average Bonchev–Trinajstić information content (AvgIpc) is 2.40. The number of halogens is 3. The molecule has 1 aromatic rings. The number of hydrogen-bond donors (Lipinski definition) is 1. The zero-order valence-electron chi connectivity index (χ0n) is 14.6. The molecule has 6 nitrogen and oxygen atoms in total. The number of rotatable bonds is 4. The number of likely N-dealkylation sites (tertiary alicyclic amines) is 1. The van der Waals surface area contributed by atoms with E-state index in [-0.39, 0.29) is 18.8 Å². The monoisotopic (exact) mass is 375 g/mol. The van der Waals surface area contributed by atoms with E-state index in [0.29, 0.717) is 0 Å². The summed E-state index contributed by atoms with van der Waals surface area (Å²) >= 11 is 0. The number of aliphatic carboxylic acids is 1. The molecule has 1 saturated heterocycles. The first-order chi connectivity index (χ1) is 11.8. The highest BCUT2D eigenvalue weighted by Gasteiger charge is 2.50. The first-order valence-electron chi connectivity index (χ1n) is 7.86. The molecular weight excluding hydrogens is 355 g/mol. The molecule has 0 aromatic heterocycles. The van der Waals surface area contributed by atoms with Gasteiger partial charge in [-0.05, 0) is 39.0 Å². The van der Waals surface area contributed by atoms with Gasteiger partial charge in [0.1, 0.15) is 11.4 Å². The van der Waals surface area contributed by atoms with E-state index >= 15 is 0 Å². The van der Waals surface area contributed by atoms with Crippen molar-refractivity contribution in [3.8, 4) is 5.75 Å². The van der Waals surface area contributed by atoms with Crippen molar-refractivity contribution in [3.05, 3.63) is 29.8 Å². The second-order valence-electron chi connectivity index (χ2n) is 7.22. The maximum atomic E-state index is 12.8. The smallest absolute Gasteiger partial charge is 0.416 e. The van der Waals surface area contributed by atoms with Gasteiger partial charge in [-0.1, -0.05) is 6.07 Å². The van der Waals surface area contributed by atoms with Crippen molar-refractivity contribution in [2.45, 2.75) is 44.6 Å². The molecule has 144 valence electrons. The van der Waals surface area contributed by atoms with Crippen LogP contribution in [0.2, 0.25) is 0 Å². The molecule has 0 aliphatic carbocycles. The Balaban J connectivity index is 2.13. The van der Waals surface area contributed by atoms with E-state index in [1.165, 1.54) is 17.0 Å². The fraction of sp³-hybridized carbons (Fsp3) is 0.529. The number of alkyl halides is 3. The molecular formula is C17H20F3NO5. The Morgan fingerprint density at radius 3 is 2.35 bits per heavy atom. The molecule has 1 fully saturated rings. The number of carboxylic acids is 1. The average molecular weight is 375 g/mol. The van der Waals surface area contributed by atoms with Crippen molar-refractivity contribution in [2.24, 2.45) is 0 Å². The third kappa shape index (κ3) is 5.03. The Labute approximate surface area is 148 Å². The fourth-order valence-corrected chi connectivity index (χ4v) is 2.58. The van der Waals surface area contributed by atoms with Gasteiger partial charge in [-0.25, -0.2) is 4.79 Å². The van der Waals surface area contributed by atoms with Gasteiger partial charge in [-0.15, -0.1) is 0 Å². The Morgan fingerprint density at radius 2 is 1.85 bits per heavy atom. The minimum atomic E-state index is -4.54. The Bertz CT molecular complexity index is 690. The molecule has 0 bridgehead atoms. The molecule has 1 aromatic carbocycles. The zero-order chi connectivity index (χ0) is 19.8. The van der Waals surface area contributed by atoms with Gasteiger partial charge in [-0.3, -0.25) is 9.69 Å². The number of amides is 1. The summed E-state index contributed by atoms with van der Waals surface area (Å²) < 4.78 is 49.2. The Morgan fingerprint density at radius 1 is 1.23 bits per heavy atom. The standard InChI is InChI=1S/C17H20F3NO5/c1-15(2,3)26-14(24)21-9-16(10-21,8-13(22)23)25-12-6-4-5-11(7-12)17(18,19)20/h4-7H,8-10H2,1-3H3,(H,22,23). The van der Waals surface area contributed by atoms with Crippen LogP contribution in [0.5, 0.6) is 5.75 Å². The molecule has 0 atom stereocenters. The summed E-state index contributed by atoms with van der Waals surface area (Å²) in [5.74, 6) is -1.29. The second-order valence-corrected chi connectivity index (χ2v) is 7.22. The number of carbonyl (C=O) groups excluding carboxylic acids is 1. The summed E-state index contributed by atoms with van der Waals surface area (Å²) in [7, 11) is 0. The van der Waals surface area contributed by atoms with Crippen LogP contribution in [-0.2, 0) is 15.7 Å². The van der Waals surface area contributed by atoms with Crippen LogP contribution in [0.25, 0.3) is 0 Å². The number of hydrogen-bond acceptors (Lipinski definition) is 4. The summed E-state index contributed by atoms with van der Waals surface area (Å²) in [5, 5.41) is 9.09. The number of benzene rings is 1. The summed E-state index contributed by atoms with van der Waals surface area (Å²) in [6.07, 6.45) is -5.63. The Kier molecular flexibility index (Phi) is 5.12. The third-order valence-corrected chi connectivity index (χ3v) is 3.58. The third-order valence-electron chi connectivity index (χ3n) is 3.58. The minimum absolute atomic E-state index is 0.0928. The number of carbonyl (C=O) groups is 2. The minimum Gasteiger partial charge on any atom is -0.483 e. The summed E-state index contributed by atoms with van der Waals surface area (Å²) in [6.45, 7) is 4.88. The molecule has 1 aliphatic rings. The maximum Gasteiger partial charge on any atom is 0.416 e. The van der Waals surface area contributed by atoms with E-state index in [9.17, 15) is 22.8 Å². The highest BCUT2D eigenvalue weighted by atomic mass is 19.4. The quantitative estimate of drug-likeness (QED) is 0.871. The highest BCUT2D eigenvalue weighted by Crippen LogP contribution is 2.35. The number of ether oxygens (including phenoxy) is 2. The summed E-state index contributed by atoms with van der Waals surface area (Å²) in [5.41, 5.74) is -2.92. The molecule has 0 saturated carbocycles. The lowest BCUT2D eigenvalue weighted by Crippen LogP contribution is -2.67. The van der Waals surface area contributed by atoms with Crippen molar-refractivity contribution in [1.29, 1.82) is 0 Å². The van der Waals surface area contributed by atoms with E-state index in [0.717, 1.165) is 12.1 Å². The van der Waals surface area contributed by atoms with Crippen LogP contribution in [0.4, 0.5) is 18.0 Å². The van der Waals surface area contributed by atoms with Gasteiger partial charge in [0, 0.05) is 0 Å². The summed E-state index contributed by atoms with van der Waals surface area (Å²) in [6, 6.07) is 4.19. The lowest BCUT2D eigenvalue weighted by atomic mass is 9.90. The van der Waals surface area contributed by atoms with E-state index < -0.39 is 41.4 Å². The predicted molar refractivity (Wildman–Crippen MR) is 84.9 cm³/mol. The predicted octanol–water partition coefficient (Wildman–Crippen LogP) is 3.55. The van der Waals surface area contributed by atoms with Gasteiger partial charge in [-0.2, -0.15) is 13.2 Å². The van der Waals surface area contributed by atoms with Crippen LogP contribution >= 0.6 is 0 Å². The number of carboxylic acid groups (broad SMARTS) is 1. The van der Waals surface area contributed by atoms with Crippen LogP contribution < -0.4 is 4.74 Å². The molecule has 1 N–H and O–H groups in total. The molecule has 26 heavy (non-hydrogen) atoms. The lowest BCUT2D eigenvalue weighted by molar-refractivity contribution is -0.149. The van der Waals surface area contributed by atoms with Crippen molar-refractivity contribution in [1.82, 2.24) is 4.90 Å². The zero-order valence-corrected chi connectivity index (χ0v) is 14.6. The SMILES string of the molecule is CC(C)(C)OC(=O)N1CC(CC(=O)O)(Oc2cccc(C(F)(F)F)c2)C1. The van der Waals surface area contributed by atoms with Gasteiger partial charge in [0.25, 0.3) is 0 Å². The molecule has 0 spiro atoms. The van der Waals surface area contributed by atoms with Gasteiger partial charge in [0.05, 0.1) is 25.1 Å². The van der Waals surface area contributed by atoms with E-state index in [1.807, 2.05) is 0 Å². The van der Waals surface area contributed by atoms with Gasteiger partial charge in [0.2, 0.25) is 0 Å². The molecule has 1 heterocycles. The van der Waals surface area contributed by atoms with Crippen LogP contribution in [0.15, 0.2) is 24.3 Å². The van der Waals surface area contributed by atoms with Crippen LogP contribution in [-0.4, -0.2) is 46.4 Å². The van der Waals surface area contributed by atoms with E-state index in [4.69, 9.17) is 14.6 Å². The first kappa shape index (κ1) is 19.9. The Hall–Kier alpha value is -2.45. The lowest BCUT2D eigenvalue weighted by Gasteiger charge is -2.48. The van der Waals surface area contributed by atoms with Crippen molar-refractivity contribution in [3.63, 3.8) is 0 Å². The molecule has 0 unspecified atom stereocenters. The molecule has 9 heteroatoms. The van der Waals surface area contributed by atoms with E-state index in [1.54, 1.807) is 20.8 Å². The number of nitrogens with zero attached hydrogens (tertiary/aromatic N) is 1. The van der Waals surface area contributed by atoms with Crippen LogP contribution in [0, 0.1) is 0 Å². The summed E-state index contributed by atoms with van der Waals surface area (Å²) in [4.78, 5) is 24.4. The second kappa shape index (κ2) is 6.69. The van der Waals surface area contributed by atoms with Gasteiger partial charge >= 0.3 is 18.2 Å². The van der Waals surface area contributed by atoms with Crippen molar-refractivity contribution >= 4 is 12.1 Å². The molecule has 2 rings (SSSR count). The van der Waals surface area contributed by atoms with Crippen LogP contribution in [0.1, 0.15) is 32.8 Å². The normalized spacial score (nSPS) is 16.6. The largest absolute Gasteiger partial charge is 0.483 e. The van der Waals surface area contributed by atoms with Crippen molar-refractivity contribution in [2.75, 3.05) is 13.1 Å². The van der Waals surface area contributed by atoms with Crippen LogP contribution in [0.3, 0.4) is 0 Å². The van der Waals surface area contributed by atoms with Gasteiger partial charge < -0.3 is 14.6 Å².